The number of aryl methyl sites for hydroxylation is 2. The van der Waals surface area contributed by atoms with Crippen molar-refractivity contribution in [2.75, 3.05) is 0 Å². The number of unbranched alkanes of at least 4 members (excludes halogenated alkanes) is 1. The van der Waals surface area contributed by atoms with Crippen molar-refractivity contribution < 1.29 is 0 Å². The smallest absolute Gasteiger partial charge is 0.123 e. The lowest BCUT2D eigenvalue weighted by molar-refractivity contribution is 0.818. The van der Waals surface area contributed by atoms with Gasteiger partial charge >= 0.3 is 0 Å². The Morgan fingerprint density at radius 2 is 2.00 bits per heavy atom. The quantitative estimate of drug-likeness (QED) is 0.764. The molecule has 1 aromatic heterocycles. The van der Waals surface area contributed by atoms with Crippen LogP contribution in [0.4, 0.5) is 0 Å². The summed E-state index contributed by atoms with van der Waals surface area (Å²) in [4.78, 5) is 6.05. The summed E-state index contributed by atoms with van der Waals surface area (Å²) in [5.74, 6) is 0. The topological polar surface area (TPSA) is 12.9 Å². The summed E-state index contributed by atoms with van der Waals surface area (Å²) in [5, 5.41) is 1.14. The summed E-state index contributed by atoms with van der Waals surface area (Å²) in [6.45, 7) is 6.03. The summed E-state index contributed by atoms with van der Waals surface area (Å²) < 4.78 is 0. The molecule has 1 heterocycles. The Kier molecular flexibility index (Phi) is 3.73. The first-order valence-corrected chi connectivity index (χ1v) is 6.44. The normalized spacial score (nSPS) is 10.6. The van der Waals surface area contributed by atoms with Gasteiger partial charge in [-0.1, -0.05) is 43.7 Å². The minimum Gasteiger partial charge on any atom is -0.241 e. The van der Waals surface area contributed by atoms with E-state index < -0.39 is 0 Å². The third kappa shape index (κ3) is 2.50. The average Bonchev–Trinajstić information content (AvgIpc) is 2.69. The maximum atomic E-state index is 4.71. The van der Waals surface area contributed by atoms with E-state index in [-0.39, 0.29) is 0 Å². The zero-order valence-corrected chi connectivity index (χ0v) is 10.4. The van der Waals surface area contributed by atoms with Crippen molar-refractivity contribution >= 4 is 11.3 Å². The van der Waals surface area contributed by atoms with Crippen molar-refractivity contribution in [3.8, 4) is 10.6 Å². The molecule has 0 fully saturated rings. The van der Waals surface area contributed by atoms with Crippen LogP contribution < -0.4 is 0 Å². The number of nitrogens with zero attached hydrogens (tertiary/aromatic N) is 1. The second kappa shape index (κ2) is 5.26. The minimum atomic E-state index is 0.984. The molecule has 0 bridgehead atoms. The van der Waals surface area contributed by atoms with E-state index in [2.05, 4.69) is 38.1 Å². The van der Waals surface area contributed by atoms with Gasteiger partial charge in [-0.25, -0.2) is 4.98 Å². The predicted molar refractivity (Wildman–Crippen MR) is 70.6 cm³/mol. The van der Waals surface area contributed by atoms with E-state index in [0.717, 1.165) is 24.3 Å². The second-order valence-electron chi connectivity index (χ2n) is 3.85. The van der Waals surface area contributed by atoms with Gasteiger partial charge in [0.1, 0.15) is 5.01 Å². The van der Waals surface area contributed by atoms with Crippen molar-refractivity contribution in [1.82, 2.24) is 4.98 Å². The van der Waals surface area contributed by atoms with Crippen molar-refractivity contribution in [2.24, 2.45) is 0 Å². The lowest BCUT2D eigenvalue weighted by atomic mass is 10.2. The van der Waals surface area contributed by atoms with Crippen LogP contribution in [0.15, 0.2) is 30.3 Å². The first-order chi connectivity index (χ1) is 7.81. The molecule has 0 N–H and O–H groups in total. The van der Waals surface area contributed by atoms with E-state index in [4.69, 9.17) is 4.98 Å². The molecule has 0 aliphatic rings. The molecule has 2 rings (SSSR count). The number of aromatic nitrogens is 1. The van der Waals surface area contributed by atoms with Crippen LogP contribution in [0, 0.1) is 13.8 Å². The zero-order valence-electron chi connectivity index (χ0n) is 9.57. The van der Waals surface area contributed by atoms with Crippen LogP contribution in [-0.4, -0.2) is 4.98 Å². The molecule has 0 spiro atoms. The maximum absolute atomic E-state index is 4.71. The Bertz CT molecular complexity index is 445. The van der Waals surface area contributed by atoms with Crippen LogP contribution in [0.2, 0.25) is 0 Å². The van der Waals surface area contributed by atoms with Gasteiger partial charge in [0.2, 0.25) is 0 Å². The SMILES string of the molecule is [CH2]CCCc1nc(-c2ccccc2)sc1C. The Morgan fingerprint density at radius 1 is 1.25 bits per heavy atom. The Labute approximate surface area is 101 Å². The zero-order chi connectivity index (χ0) is 11.4. The first kappa shape index (κ1) is 11.3. The largest absolute Gasteiger partial charge is 0.241 e. The van der Waals surface area contributed by atoms with Crippen molar-refractivity contribution in [3.63, 3.8) is 0 Å². The van der Waals surface area contributed by atoms with Gasteiger partial charge in [-0.15, -0.1) is 11.3 Å². The molecule has 83 valence electrons. The van der Waals surface area contributed by atoms with E-state index in [9.17, 15) is 0 Å². The third-order valence-electron chi connectivity index (χ3n) is 2.58. The molecule has 0 saturated carbocycles. The number of hydrogen-bond donors (Lipinski definition) is 0. The lowest BCUT2D eigenvalue weighted by Gasteiger charge is -1.95. The van der Waals surface area contributed by atoms with Gasteiger partial charge in [-0.05, 0) is 19.8 Å². The molecule has 0 atom stereocenters. The van der Waals surface area contributed by atoms with E-state index >= 15 is 0 Å². The van der Waals surface area contributed by atoms with Crippen LogP contribution in [0.1, 0.15) is 23.4 Å². The molecular weight excluding hydrogens is 214 g/mol. The summed E-state index contributed by atoms with van der Waals surface area (Å²) in [6.07, 6.45) is 3.16. The molecule has 2 aromatic rings. The van der Waals surface area contributed by atoms with Crippen molar-refractivity contribution in [3.05, 3.63) is 47.8 Å². The number of rotatable bonds is 4. The van der Waals surface area contributed by atoms with Gasteiger partial charge in [0.25, 0.3) is 0 Å². The predicted octanol–water partition coefficient (Wildman–Crippen LogP) is 4.28. The molecular formula is C14H16NS. The summed E-state index contributed by atoms with van der Waals surface area (Å²) in [7, 11) is 0. The van der Waals surface area contributed by atoms with Gasteiger partial charge < -0.3 is 0 Å². The van der Waals surface area contributed by atoms with Gasteiger partial charge in [-0.2, -0.15) is 0 Å². The number of hydrogen-bond acceptors (Lipinski definition) is 2. The molecule has 1 aromatic carbocycles. The van der Waals surface area contributed by atoms with Crippen LogP contribution in [-0.2, 0) is 6.42 Å². The van der Waals surface area contributed by atoms with Crippen LogP contribution in [0.3, 0.4) is 0 Å². The van der Waals surface area contributed by atoms with Crippen molar-refractivity contribution in [1.29, 1.82) is 0 Å². The van der Waals surface area contributed by atoms with Crippen LogP contribution in [0.25, 0.3) is 10.6 Å². The fourth-order valence-electron chi connectivity index (χ4n) is 1.66. The Hall–Kier alpha value is -1.15. The molecule has 0 aliphatic heterocycles. The molecule has 0 unspecified atom stereocenters. The monoisotopic (exact) mass is 230 g/mol. The molecule has 0 aliphatic carbocycles. The Balaban J connectivity index is 2.24. The van der Waals surface area contributed by atoms with E-state index in [1.807, 2.05) is 6.07 Å². The molecule has 0 amide bonds. The van der Waals surface area contributed by atoms with Crippen molar-refractivity contribution in [2.45, 2.75) is 26.2 Å². The van der Waals surface area contributed by atoms with E-state index in [1.54, 1.807) is 11.3 Å². The molecule has 0 saturated heterocycles. The average molecular weight is 230 g/mol. The molecule has 16 heavy (non-hydrogen) atoms. The standard InChI is InChI=1S/C14H16NS/c1-3-4-10-13-11(2)16-14(15-13)12-8-6-5-7-9-12/h5-9H,1,3-4,10H2,2H3. The fraction of sp³-hybridized carbons (Fsp3) is 0.286. The highest BCUT2D eigenvalue weighted by molar-refractivity contribution is 7.15. The van der Waals surface area contributed by atoms with E-state index in [1.165, 1.54) is 16.1 Å². The summed E-state index contributed by atoms with van der Waals surface area (Å²) in [5.41, 5.74) is 2.46. The molecule has 1 radical (unpaired) electrons. The van der Waals surface area contributed by atoms with Gasteiger partial charge in [0.15, 0.2) is 0 Å². The maximum Gasteiger partial charge on any atom is 0.123 e. The summed E-state index contributed by atoms with van der Waals surface area (Å²) >= 11 is 1.79. The highest BCUT2D eigenvalue weighted by Crippen LogP contribution is 2.27. The lowest BCUT2D eigenvalue weighted by Crippen LogP contribution is -1.87. The molecule has 2 heteroatoms. The van der Waals surface area contributed by atoms with Gasteiger partial charge in [0, 0.05) is 10.4 Å². The van der Waals surface area contributed by atoms with Crippen LogP contribution in [0.5, 0.6) is 0 Å². The van der Waals surface area contributed by atoms with Crippen LogP contribution >= 0.6 is 11.3 Å². The van der Waals surface area contributed by atoms with E-state index in [0.29, 0.717) is 0 Å². The number of benzene rings is 1. The highest BCUT2D eigenvalue weighted by atomic mass is 32.1. The second-order valence-corrected chi connectivity index (χ2v) is 5.05. The minimum absolute atomic E-state index is 0.984. The third-order valence-corrected chi connectivity index (χ3v) is 3.64. The fourth-order valence-corrected chi connectivity index (χ4v) is 2.62. The Morgan fingerprint density at radius 3 is 2.69 bits per heavy atom. The highest BCUT2D eigenvalue weighted by Gasteiger charge is 2.08. The number of thiazole rings is 1. The molecule has 1 nitrogen and oxygen atoms in total. The van der Waals surface area contributed by atoms with Gasteiger partial charge in [0.05, 0.1) is 5.69 Å². The first-order valence-electron chi connectivity index (χ1n) is 5.62. The van der Waals surface area contributed by atoms with Gasteiger partial charge in [-0.3, -0.25) is 0 Å². The summed E-state index contributed by atoms with van der Waals surface area (Å²) in [6, 6.07) is 10.4.